The fraction of sp³-hybridized carbons (Fsp3) is 0.500. The lowest BCUT2D eigenvalue weighted by Crippen LogP contribution is -2.37. The average Bonchev–Trinajstić information content (AvgIpc) is 2.75. The molecule has 1 atom stereocenters. The van der Waals surface area contributed by atoms with Crippen molar-refractivity contribution in [3.8, 4) is 0 Å². The molecule has 1 aromatic carbocycles. The lowest BCUT2D eigenvalue weighted by molar-refractivity contribution is -0.130. The minimum absolute atomic E-state index is 0.0590. The highest BCUT2D eigenvalue weighted by Crippen LogP contribution is 2.29. The number of amides is 2. The fourth-order valence-corrected chi connectivity index (χ4v) is 3.39. The largest absolute Gasteiger partial charge is 0.441 e. The number of nitrogens with one attached hydrogen (secondary N) is 1. The molecule has 124 valence electrons. The first-order valence-electron chi connectivity index (χ1n) is 7.67. The summed E-state index contributed by atoms with van der Waals surface area (Å²) in [5, 5.41) is 2.94. The van der Waals surface area contributed by atoms with Crippen molar-refractivity contribution in [2.24, 2.45) is 0 Å². The van der Waals surface area contributed by atoms with E-state index in [2.05, 4.69) is 5.32 Å². The highest BCUT2D eigenvalue weighted by atomic mass is 35.5. The number of hydrogen-bond donors (Lipinski definition) is 1. The molecule has 0 radical (unpaired) electrons. The van der Waals surface area contributed by atoms with Crippen molar-refractivity contribution < 1.29 is 18.7 Å². The van der Waals surface area contributed by atoms with Crippen LogP contribution in [0.25, 0.3) is 0 Å². The standard InChI is InChI=1S/C16H18ClFN2O3/c17-12-3-1-4-13(18)11(12)9-14(21)20-7-2-5-16(6-8-20)10-19-15(22)23-16/h1,3-4H,2,5-10H2,(H,19,22)/t16-/m0/s1. The van der Waals surface area contributed by atoms with Crippen LogP contribution < -0.4 is 5.32 Å². The van der Waals surface area contributed by atoms with Crippen LogP contribution in [0, 0.1) is 5.82 Å². The third-order valence-electron chi connectivity index (χ3n) is 4.50. The maximum absolute atomic E-state index is 13.8. The van der Waals surface area contributed by atoms with Gasteiger partial charge in [0.25, 0.3) is 0 Å². The second kappa shape index (κ2) is 6.35. The summed E-state index contributed by atoms with van der Waals surface area (Å²) in [5.74, 6) is -0.627. The van der Waals surface area contributed by atoms with Crippen LogP contribution in [0.3, 0.4) is 0 Å². The van der Waals surface area contributed by atoms with Gasteiger partial charge >= 0.3 is 6.09 Å². The minimum Gasteiger partial charge on any atom is -0.441 e. The number of likely N-dealkylation sites (tertiary alicyclic amines) is 1. The van der Waals surface area contributed by atoms with Gasteiger partial charge in [-0.3, -0.25) is 4.79 Å². The van der Waals surface area contributed by atoms with Crippen molar-refractivity contribution in [3.05, 3.63) is 34.6 Å². The topological polar surface area (TPSA) is 58.6 Å². The first-order chi connectivity index (χ1) is 11.0. The summed E-state index contributed by atoms with van der Waals surface area (Å²) in [5.41, 5.74) is -0.283. The third-order valence-corrected chi connectivity index (χ3v) is 4.86. The van der Waals surface area contributed by atoms with Gasteiger partial charge in [0, 0.05) is 30.1 Å². The predicted octanol–water partition coefficient (Wildman–Crippen LogP) is 2.51. The number of alkyl carbamates (subject to hydrolysis) is 1. The molecule has 2 amide bonds. The molecule has 2 aliphatic rings. The van der Waals surface area contributed by atoms with Gasteiger partial charge in [-0.2, -0.15) is 0 Å². The van der Waals surface area contributed by atoms with E-state index < -0.39 is 17.5 Å². The molecule has 0 aliphatic carbocycles. The monoisotopic (exact) mass is 340 g/mol. The smallest absolute Gasteiger partial charge is 0.407 e. The molecule has 0 saturated carbocycles. The van der Waals surface area contributed by atoms with Crippen molar-refractivity contribution in [2.45, 2.75) is 31.3 Å². The van der Waals surface area contributed by atoms with Crippen LogP contribution in [0.15, 0.2) is 18.2 Å². The fourth-order valence-electron chi connectivity index (χ4n) is 3.16. The van der Waals surface area contributed by atoms with E-state index >= 15 is 0 Å². The molecule has 5 nitrogen and oxygen atoms in total. The van der Waals surface area contributed by atoms with Gasteiger partial charge in [-0.15, -0.1) is 0 Å². The molecule has 23 heavy (non-hydrogen) atoms. The first-order valence-corrected chi connectivity index (χ1v) is 8.04. The van der Waals surface area contributed by atoms with Crippen molar-refractivity contribution in [1.82, 2.24) is 10.2 Å². The number of benzene rings is 1. The maximum Gasteiger partial charge on any atom is 0.407 e. The van der Waals surface area contributed by atoms with E-state index in [-0.39, 0.29) is 22.9 Å². The SMILES string of the molecule is O=C1NC[C@@]2(CCCN(C(=O)Cc3c(F)cccc3Cl)CC2)O1. The summed E-state index contributed by atoms with van der Waals surface area (Å²) in [4.78, 5) is 25.5. The molecule has 2 fully saturated rings. The lowest BCUT2D eigenvalue weighted by Gasteiger charge is -2.25. The third kappa shape index (κ3) is 3.42. The Bertz CT molecular complexity index is 620. The van der Waals surface area contributed by atoms with Crippen LogP contribution in [0.4, 0.5) is 9.18 Å². The molecule has 2 aliphatic heterocycles. The van der Waals surface area contributed by atoms with Gasteiger partial charge in [0.05, 0.1) is 13.0 Å². The molecule has 1 N–H and O–H groups in total. The van der Waals surface area contributed by atoms with E-state index in [1.54, 1.807) is 11.0 Å². The summed E-state index contributed by atoms with van der Waals surface area (Å²) < 4.78 is 19.2. The lowest BCUT2D eigenvalue weighted by atomic mass is 9.95. The van der Waals surface area contributed by atoms with E-state index in [4.69, 9.17) is 16.3 Å². The van der Waals surface area contributed by atoms with Crippen LogP contribution in [-0.4, -0.2) is 42.1 Å². The second-order valence-corrected chi connectivity index (χ2v) is 6.44. The quantitative estimate of drug-likeness (QED) is 0.900. The molecule has 1 aromatic rings. The van der Waals surface area contributed by atoms with E-state index in [1.807, 2.05) is 0 Å². The van der Waals surface area contributed by atoms with Gasteiger partial charge in [-0.05, 0) is 25.0 Å². The van der Waals surface area contributed by atoms with Crippen molar-refractivity contribution in [2.75, 3.05) is 19.6 Å². The number of carbonyl (C=O) groups is 2. The van der Waals surface area contributed by atoms with Crippen LogP contribution in [0.1, 0.15) is 24.8 Å². The molecule has 0 bridgehead atoms. The number of ether oxygens (including phenoxy) is 1. The van der Waals surface area contributed by atoms with Gasteiger partial charge in [0.1, 0.15) is 11.4 Å². The molecule has 3 rings (SSSR count). The number of halogens is 2. The zero-order chi connectivity index (χ0) is 16.4. The zero-order valence-electron chi connectivity index (χ0n) is 12.6. The maximum atomic E-state index is 13.8. The van der Waals surface area contributed by atoms with E-state index in [0.29, 0.717) is 26.1 Å². The Balaban J connectivity index is 1.66. The average molecular weight is 341 g/mol. The Hall–Kier alpha value is -1.82. The van der Waals surface area contributed by atoms with Crippen molar-refractivity contribution >= 4 is 23.6 Å². The molecule has 0 aromatic heterocycles. The first kappa shape index (κ1) is 16.1. The Morgan fingerprint density at radius 3 is 2.91 bits per heavy atom. The predicted molar refractivity (Wildman–Crippen MR) is 82.8 cm³/mol. The Morgan fingerprint density at radius 1 is 1.39 bits per heavy atom. The molecule has 0 unspecified atom stereocenters. The summed E-state index contributed by atoms with van der Waals surface area (Å²) in [7, 11) is 0. The number of carbonyl (C=O) groups excluding carboxylic acids is 2. The van der Waals surface area contributed by atoms with Gasteiger partial charge in [-0.1, -0.05) is 17.7 Å². The molecular weight excluding hydrogens is 323 g/mol. The Labute approximate surface area is 138 Å². The van der Waals surface area contributed by atoms with Crippen LogP contribution in [0.5, 0.6) is 0 Å². The number of nitrogens with zero attached hydrogens (tertiary/aromatic N) is 1. The normalized spacial score (nSPS) is 24.3. The van der Waals surface area contributed by atoms with Gasteiger partial charge in [-0.25, -0.2) is 9.18 Å². The molecule has 7 heteroatoms. The van der Waals surface area contributed by atoms with Gasteiger partial charge < -0.3 is 15.0 Å². The summed E-state index contributed by atoms with van der Waals surface area (Å²) in [6, 6.07) is 4.40. The molecular formula is C16H18ClFN2O3. The van der Waals surface area contributed by atoms with Crippen LogP contribution >= 0.6 is 11.6 Å². The van der Waals surface area contributed by atoms with Gasteiger partial charge in [0.15, 0.2) is 0 Å². The molecule has 1 spiro atoms. The molecule has 2 saturated heterocycles. The summed E-state index contributed by atoms with van der Waals surface area (Å²) in [6.07, 6.45) is 1.59. The van der Waals surface area contributed by atoms with E-state index in [1.165, 1.54) is 12.1 Å². The Morgan fingerprint density at radius 2 is 2.22 bits per heavy atom. The van der Waals surface area contributed by atoms with E-state index in [9.17, 15) is 14.0 Å². The van der Waals surface area contributed by atoms with E-state index in [0.717, 1.165) is 12.8 Å². The summed E-state index contributed by atoms with van der Waals surface area (Å²) >= 11 is 5.98. The minimum atomic E-state index is -0.512. The Kier molecular flexibility index (Phi) is 4.43. The van der Waals surface area contributed by atoms with Crippen molar-refractivity contribution in [1.29, 1.82) is 0 Å². The van der Waals surface area contributed by atoms with Crippen molar-refractivity contribution in [3.63, 3.8) is 0 Å². The highest BCUT2D eigenvalue weighted by molar-refractivity contribution is 6.31. The molecule has 2 heterocycles. The highest BCUT2D eigenvalue weighted by Gasteiger charge is 2.41. The van der Waals surface area contributed by atoms with Crippen LogP contribution in [-0.2, 0) is 16.0 Å². The van der Waals surface area contributed by atoms with Gasteiger partial charge in [0.2, 0.25) is 5.91 Å². The second-order valence-electron chi connectivity index (χ2n) is 6.04. The van der Waals surface area contributed by atoms with Crippen LogP contribution in [0.2, 0.25) is 5.02 Å². The summed E-state index contributed by atoms with van der Waals surface area (Å²) in [6.45, 7) is 1.54. The zero-order valence-corrected chi connectivity index (χ0v) is 13.4. The number of rotatable bonds is 2. The number of hydrogen-bond acceptors (Lipinski definition) is 3.